The molecule has 0 bridgehead atoms. The Balaban J connectivity index is 2.55. The maximum Gasteiger partial charge on any atom is 0.416 e. The zero-order chi connectivity index (χ0) is 17.0. The summed E-state index contributed by atoms with van der Waals surface area (Å²) in [6.45, 7) is 5.54. The van der Waals surface area contributed by atoms with Gasteiger partial charge in [0.1, 0.15) is 0 Å². The minimum absolute atomic E-state index is 0.0405. The number of hydrogen-bond acceptors (Lipinski definition) is 2. The number of rotatable bonds is 4. The highest BCUT2D eigenvalue weighted by atomic mass is 32.2. The van der Waals surface area contributed by atoms with Crippen LogP contribution < -0.4 is 10.6 Å². The summed E-state index contributed by atoms with van der Waals surface area (Å²) in [6.07, 6.45) is -4.47. The summed E-state index contributed by atoms with van der Waals surface area (Å²) in [5, 5.41) is 5.18. The standard InChI is InChI=1S/C14H19F3N2O2S/c1-13(2,3)19-12(20)18-7-8-22(21)11-6-4-5-10(9-11)14(15,16)17/h4-6,9H,7-8H2,1-3H3,(H2,18,19,20)/t22-/m0/s1. The molecule has 0 saturated heterocycles. The molecule has 1 atom stereocenters. The predicted molar refractivity (Wildman–Crippen MR) is 79.0 cm³/mol. The van der Waals surface area contributed by atoms with E-state index >= 15 is 0 Å². The molecular formula is C14H19F3N2O2S. The van der Waals surface area contributed by atoms with Crippen LogP contribution >= 0.6 is 0 Å². The second-order valence-corrected chi connectivity index (χ2v) is 7.28. The quantitative estimate of drug-likeness (QED) is 0.888. The van der Waals surface area contributed by atoms with E-state index in [1.165, 1.54) is 12.1 Å². The molecule has 0 aliphatic carbocycles. The lowest BCUT2D eigenvalue weighted by atomic mass is 10.1. The fourth-order valence-electron chi connectivity index (χ4n) is 1.57. The molecular weight excluding hydrogens is 317 g/mol. The molecule has 0 aliphatic rings. The Hall–Kier alpha value is -1.57. The highest BCUT2D eigenvalue weighted by Crippen LogP contribution is 2.30. The number of benzene rings is 1. The van der Waals surface area contributed by atoms with Gasteiger partial charge in [0.15, 0.2) is 0 Å². The number of carbonyl (C=O) groups excluding carboxylic acids is 1. The van der Waals surface area contributed by atoms with Crippen molar-refractivity contribution in [1.29, 1.82) is 0 Å². The van der Waals surface area contributed by atoms with Gasteiger partial charge >= 0.3 is 12.2 Å². The van der Waals surface area contributed by atoms with Crippen molar-refractivity contribution >= 4 is 16.8 Å². The number of nitrogens with one attached hydrogen (secondary N) is 2. The summed E-state index contributed by atoms with van der Waals surface area (Å²) < 4.78 is 49.7. The van der Waals surface area contributed by atoms with Crippen LogP contribution in [0.25, 0.3) is 0 Å². The van der Waals surface area contributed by atoms with Crippen LogP contribution in [0, 0.1) is 0 Å². The molecule has 2 amide bonds. The Morgan fingerprint density at radius 2 is 1.86 bits per heavy atom. The lowest BCUT2D eigenvalue weighted by Gasteiger charge is -2.20. The number of hydrogen-bond donors (Lipinski definition) is 2. The van der Waals surface area contributed by atoms with Crippen LogP contribution in [0.1, 0.15) is 26.3 Å². The average molecular weight is 336 g/mol. The van der Waals surface area contributed by atoms with Gasteiger partial charge in [0.25, 0.3) is 0 Å². The molecule has 124 valence electrons. The fraction of sp³-hybridized carbons (Fsp3) is 0.500. The summed E-state index contributed by atoms with van der Waals surface area (Å²) >= 11 is 0. The van der Waals surface area contributed by atoms with E-state index in [-0.39, 0.29) is 17.2 Å². The normalized spacial score (nSPS) is 13.5. The average Bonchev–Trinajstić information content (AvgIpc) is 2.35. The van der Waals surface area contributed by atoms with E-state index in [0.29, 0.717) is 0 Å². The Kier molecular flexibility index (Phi) is 5.99. The van der Waals surface area contributed by atoms with E-state index in [0.717, 1.165) is 12.1 Å². The molecule has 0 saturated carbocycles. The van der Waals surface area contributed by atoms with E-state index in [1.807, 2.05) is 20.8 Å². The van der Waals surface area contributed by atoms with Gasteiger partial charge in [0, 0.05) is 22.7 Å². The molecule has 1 aromatic rings. The Morgan fingerprint density at radius 1 is 1.23 bits per heavy atom. The van der Waals surface area contributed by atoms with Crippen LogP contribution in [0.15, 0.2) is 29.2 Å². The van der Waals surface area contributed by atoms with Gasteiger partial charge in [-0.3, -0.25) is 4.21 Å². The highest BCUT2D eigenvalue weighted by molar-refractivity contribution is 7.85. The number of alkyl halides is 3. The third kappa shape index (κ3) is 6.46. The fourth-order valence-corrected chi connectivity index (χ4v) is 2.59. The van der Waals surface area contributed by atoms with E-state index < -0.39 is 34.1 Å². The highest BCUT2D eigenvalue weighted by Gasteiger charge is 2.30. The number of amides is 2. The minimum atomic E-state index is -4.47. The first-order chi connectivity index (χ1) is 9.99. The molecule has 4 nitrogen and oxygen atoms in total. The summed E-state index contributed by atoms with van der Waals surface area (Å²) in [5.74, 6) is 0.0405. The maximum absolute atomic E-state index is 12.6. The first-order valence-electron chi connectivity index (χ1n) is 6.61. The topological polar surface area (TPSA) is 58.2 Å². The lowest BCUT2D eigenvalue weighted by Crippen LogP contribution is -2.47. The molecule has 22 heavy (non-hydrogen) atoms. The number of carbonyl (C=O) groups is 1. The van der Waals surface area contributed by atoms with Crippen molar-refractivity contribution in [3.63, 3.8) is 0 Å². The first-order valence-corrected chi connectivity index (χ1v) is 7.92. The summed E-state index contributed by atoms with van der Waals surface area (Å²) in [4.78, 5) is 11.6. The molecule has 0 fully saturated rings. The summed E-state index contributed by atoms with van der Waals surface area (Å²) in [6, 6.07) is 3.98. The maximum atomic E-state index is 12.6. The van der Waals surface area contributed by atoms with Crippen LogP contribution in [0.5, 0.6) is 0 Å². The number of halogens is 3. The molecule has 1 rings (SSSR count). The van der Waals surface area contributed by atoms with Crippen molar-refractivity contribution in [1.82, 2.24) is 10.6 Å². The zero-order valence-corrected chi connectivity index (χ0v) is 13.4. The van der Waals surface area contributed by atoms with Crippen LogP contribution in [-0.4, -0.2) is 28.1 Å². The third-order valence-corrected chi connectivity index (χ3v) is 3.84. The third-order valence-electron chi connectivity index (χ3n) is 2.49. The van der Waals surface area contributed by atoms with Gasteiger partial charge in [0.05, 0.1) is 16.4 Å². The Bertz CT molecular complexity index is 554. The predicted octanol–water partition coefficient (Wildman–Crippen LogP) is 2.91. The second kappa shape index (κ2) is 7.13. The number of urea groups is 1. The Morgan fingerprint density at radius 3 is 2.41 bits per heavy atom. The monoisotopic (exact) mass is 336 g/mol. The van der Waals surface area contributed by atoms with E-state index in [9.17, 15) is 22.2 Å². The largest absolute Gasteiger partial charge is 0.416 e. The van der Waals surface area contributed by atoms with Crippen molar-refractivity contribution in [3.05, 3.63) is 29.8 Å². The van der Waals surface area contributed by atoms with Crippen molar-refractivity contribution in [2.24, 2.45) is 0 Å². The van der Waals surface area contributed by atoms with Crippen LogP contribution in [0.4, 0.5) is 18.0 Å². The molecule has 0 aromatic heterocycles. The second-order valence-electron chi connectivity index (χ2n) is 5.71. The van der Waals surface area contributed by atoms with Crippen molar-refractivity contribution in [2.75, 3.05) is 12.3 Å². The van der Waals surface area contributed by atoms with E-state index in [4.69, 9.17) is 0 Å². The smallest absolute Gasteiger partial charge is 0.337 e. The molecule has 0 unspecified atom stereocenters. The van der Waals surface area contributed by atoms with Crippen LogP contribution in [-0.2, 0) is 17.0 Å². The van der Waals surface area contributed by atoms with Crippen molar-refractivity contribution in [3.8, 4) is 0 Å². The Labute approximate surface area is 129 Å². The van der Waals surface area contributed by atoms with E-state index in [1.54, 1.807) is 0 Å². The molecule has 0 radical (unpaired) electrons. The molecule has 0 heterocycles. The molecule has 2 N–H and O–H groups in total. The van der Waals surface area contributed by atoms with Gasteiger partial charge in [-0.1, -0.05) is 6.07 Å². The van der Waals surface area contributed by atoms with Crippen molar-refractivity contribution in [2.45, 2.75) is 37.4 Å². The minimum Gasteiger partial charge on any atom is -0.337 e. The molecule has 8 heteroatoms. The zero-order valence-electron chi connectivity index (χ0n) is 12.6. The van der Waals surface area contributed by atoms with Gasteiger partial charge in [-0.25, -0.2) is 4.79 Å². The summed E-state index contributed by atoms with van der Waals surface area (Å²) in [7, 11) is -1.61. The molecule has 0 spiro atoms. The summed E-state index contributed by atoms with van der Waals surface area (Å²) in [5.41, 5.74) is -1.23. The van der Waals surface area contributed by atoms with Gasteiger partial charge in [-0.05, 0) is 39.0 Å². The van der Waals surface area contributed by atoms with Gasteiger partial charge in [-0.2, -0.15) is 13.2 Å². The van der Waals surface area contributed by atoms with Gasteiger partial charge < -0.3 is 10.6 Å². The van der Waals surface area contributed by atoms with Crippen LogP contribution in [0.3, 0.4) is 0 Å². The SMILES string of the molecule is CC(C)(C)NC(=O)NCC[S@](=O)c1cccc(C(F)(F)F)c1. The lowest BCUT2D eigenvalue weighted by molar-refractivity contribution is -0.137. The van der Waals surface area contributed by atoms with Crippen LogP contribution in [0.2, 0.25) is 0 Å². The van der Waals surface area contributed by atoms with E-state index in [2.05, 4.69) is 10.6 Å². The molecule has 1 aromatic carbocycles. The molecule has 0 aliphatic heterocycles. The first kappa shape index (κ1) is 18.5. The van der Waals surface area contributed by atoms with Gasteiger partial charge in [0.2, 0.25) is 0 Å². The van der Waals surface area contributed by atoms with Gasteiger partial charge in [-0.15, -0.1) is 0 Å². The van der Waals surface area contributed by atoms with Crippen molar-refractivity contribution < 1.29 is 22.2 Å².